The average Bonchev–Trinajstić information content (AvgIpc) is 3.18. The molecule has 0 saturated carbocycles. The van der Waals surface area contributed by atoms with Gasteiger partial charge in [0.05, 0.1) is 0 Å². The number of likely N-dealkylation sites (N-methyl/N-ethyl adjacent to an activating group) is 1. The molecule has 2 saturated heterocycles. The van der Waals surface area contributed by atoms with Crippen LogP contribution in [0, 0.1) is 0 Å². The molecule has 1 amide bonds. The second-order valence-corrected chi connectivity index (χ2v) is 11.0. The zero-order chi connectivity index (χ0) is 26.5. The van der Waals surface area contributed by atoms with Crippen LogP contribution in [0.4, 0.5) is 11.4 Å². The first-order chi connectivity index (χ1) is 18.5. The Morgan fingerprint density at radius 1 is 0.868 bits per heavy atom. The van der Waals surface area contributed by atoms with Gasteiger partial charge in [-0.1, -0.05) is 60.7 Å². The van der Waals surface area contributed by atoms with Crippen LogP contribution in [0.25, 0.3) is 0 Å². The molecule has 0 N–H and O–H groups in total. The first-order valence-corrected chi connectivity index (χ1v) is 14.2. The maximum absolute atomic E-state index is 13.1. The van der Waals surface area contributed by atoms with Crippen LogP contribution in [0.15, 0.2) is 97.1 Å². The Balaban J connectivity index is 1.34. The highest BCUT2D eigenvalue weighted by Crippen LogP contribution is 2.41. The standard InChI is InChI=1S/C34H41N3O/c1-4-35(25-26(2)3)34(38)28-15-17-30(18-16-28)37(29-13-9-6-10-14-29)33-23-31-19-20-32(24-33)36(31)22-21-27-11-7-5-8-12-27/h5-18,31-33H,2,4,19-25H2,1,3H3. The predicted octanol–water partition coefficient (Wildman–Crippen LogP) is 7.10. The van der Waals surface area contributed by atoms with Crippen molar-refractivity contribution < 1.29 is 4.79 Å². The fraction of sp³-hybridized carbons (Fsp3) is 0.382. The van der Waals surface area contributed by atoms with E-state index in [9.17, 15) is 4.79 Å². The van der Waals surface area contributed by atoms with Crippen molar-refractivity contribution in [3.63, 3.8) is 0 Å². The van der Waals surface area contributed by atoms with Crippen LogP contribution >= 0.6 is 0 Å². The van der Waals surface area contributed by atoms with Gasteiger partial charge < -0.3 is 9.80 Å². The van der Waals surface area contributed by atoms with E-state index in [1.54, 1.807) is 0 Å². The van der Waals surface area contributed by atoms with Crippen LogP contribution in [0.3, 0.4) is 0 Å². The van der Waals surface area contributed by atoms with Crippen LogP contribution < -0.4 is 4.90 Å². The van der Waals surface area contributed by atoms with Gasteiger partial charge in [0.15, 0.2) is 0 Å². The molecule has 0 radical (unpaired) electrons. The molecule has 0 spiro atoms. The van der Waals surface area contributed by atoms with Gasteiger partial charge in [0.25, 0.3) is 5.91 Å². The molecule has 2 atom stereocenters. The summed E-state index contributed by atoms with van der Waals surface area (Å²) in [6.45, 7) is 10.4. The summed E-state index contributed by atoms with van der Waals surface area (Å²) in [5.74, 6) is 0.0677. The van der Waals surface area contributed by atoms with Crippen molar-refractivity contribution >= 4 is 17.3 Å². The lowest BCUT2D eigenvalue weighted by Gasteiger charge is -2.44. The van der Waals surface area contributed by atoms with E-state index in [-0.39, 0.29) is 5.91 Å². The number of piperidine rings is 1. The van der Waals surface area contributed by atoms with Gasteiger partial charge in [0.2, 0.25) is 0 Å². The van der Waals surface area contributed by atoms with Crippen LogP contribution in [0.5, 0.6) is 0 Å². The zero-order valence-electron chi connectivity index (χ0n) is 22.9. The number of amides is 1. The van der Waals surface area contributed by atoms with E-state index in [4.69, 9.17) is 0 Å². The van der Waals surface area contributed by atoms with Gasteiger partial charge in [-0.3, -0.25) is 9.69 Å². The summed E-state index contributed by atoms with van der Waals surface area (Å²) in [4.78, 5) is 20.3. The van der Waals surface area contributed by atoms with Gasteiger partial charge in [-0.2, -0.15) is 0 Å². The van der Waals surface area contributed by atoms with E-state index in [1.165, 1.54) is 36.9 Å². The molecule has 4 heteroatoms. The number of hydrogen-bond donors (Lipinski definition) is 0. The Hall–Kier alpha value is -3.37. The lowest BCUT2D eigenvalue weighted by atomic mass is 9.94. The van der Waals surface area contributed by atoms with Gasteiger partial charge in [0, 0.05) is 54.7 Å². The minimum Gasteiger partial charge on any atom is -0.338 e. The molecule has 2 heterocycles. The van der Waals surface area contributed by atoms with Gasteiger partial charge in [0.1, 0.15) is 0 Å². The normalized spacial score (nSPS) is 20.7. The van der Waals surface area contributed by atoms with Crippen molar-refractivity contribution in [1.82, 2.24) is 9.80 Å². The highest BCUT2D eigenvalue weighted by molar-refractivity contribution is 5.94. The average molecular weight is 508 g/mol. The lowest BCUT2D eigenvalue weighted by molar-refractivity contribution is 0.0778. The van der Waals surface area contributed by atoms with Crippen molar-refractivity contribution in [2.75, 3.05) is 24.5 Å². The van der Waals surface area contributed by atoms with Crippen LogP contribution in [0.1, 0.15) is 55.5 Å². The molecule has 4 nitrogen and oxygen atoms in total. The van der Waals surface area contributed by atoms with E-state index in [0.717, 1.165) is 29.8 Å². The minimum atomic E-state index is 0.0677. The smallest absolute Gasteiger partial charge is 0.254 e. The monoisotopic (exact) mass is 507 g/mol. The molecule has 2 aliphatic rings. The minimum absolute atomic E-state index is 0.0677. The number of anilines is 2. The quantitative estimate of drug-likeness (QED) is 0.274. The van der Waals surface area contributed by atoms with Crippen LogP contribution in [-0.2, 0) is 6.42 Å². The summed E-state index contributed by atoms with van der Waals surface area (Å²) in [5.41, 5.74) is 5.56. The SMILES string of the molecule is C=C(C)CN(CC)C(=O)c1ccc(N(c2ccccc2)C2CC3CCC(C2)N3CCc2ccccc2)cc1. The summed E-state index contributed by atoms with van der Waals surface area (Å²) in [7, 11) is 0. The van der Waals surface area contributed by atoms with E-state index in [0.29, 0.717) is 31.2 Å². The Morgan fingerprint density at radius 3 is 2.03 bits per heavy atom. The molecule has 0 aliphatic carbocycles. The number of fused-ring (bicyclic) bond motifs is 2. The van der Waals surface area contributed by atoms with E-state index >= 15 is 0 Å². The molecule has 2 bridgehead atoms. The zero-order valence-corrected chi connectivity index (χ0v) is 22.9. The molecule has 3 aromatic carbocycles. The van der Waals surface area contributed by atoms with Crippen LogP contribution in [0.2, 0.25) is 0 Å². The number of hydrogen-bond acceptors (Lipinski definition) is 3. The molecule has 2 unspecified atom stereocenters. The molecule has 3 aromatic rings. The molecule has 5 rings (SSSR count). The third kappa shape index (κ3) is 5.86. The number of benzene rings is 3. The van der Waals surface area contributed by atoms with Crippen molar-refractivity contribution in [3.05, 3.63) is 108 Å². The third-order valence-electron chi connectivity index (χ3n) is 8.28. The molecule has 38 heavy (non-hydrogen) atoms. The number of rotatable bonds is 10. The van der Waals surface area contributed by atoms with Crippen molar-refractivity contribution in [3.8, 4) is 0 Å². The van der Waals surface area contributed by atoms with Crippen molar-refractivity contribution in [1.29, 1.82) is 0 Å². The maximum atomic E-state index is 13.1. The lowest BCUT2D eigenvalue weighted by Crippen LogP contribution is -2.50. The Labute approximate surface area is 228 Å². The molecule has 0 aromatic heterocycles. The largest absolute Gasteiger partial charge is 0.338 e. The fourth-order valence-electron chi connectivity index (χ4n) is 6.48. The van der Waals surface area contributed by atoms with Crippen molar-refractivity contribution in [2.45, 2.75) is 64.1 Å². The number of nitrogens with zero attached hydrogens (tertiary/aromatic N) is 3. The fourth-order valence-corrected chi connectivity index (χ4v) is 6.48. The van der Waals surface area contributed by atoms with Gasteiger partial charge >= 0.3 is 0 Å². The number of para-hydroxylation sites is 1. The maximum Gasteiger partial charge on any atom is 0.254 e. The molecule has 2 aliphatic heterocycles. The van der Waals surface area contributed by atoms with E-state index < -0.39 is 0 Å². The van der Waals surface area contributed by atoms with Gasteiger partial charge in [-0.05, 0) is 87.9 Å². The highest BCUT2D eigenvalue weighted by atomic mass is 16.2. The second-order valence-electron chi connectivity index (χ2n) is 11.0. The first-order valence-electron chi connectivity index (χ1n) is 14.2. The molecular weight excluding hydrogens is 466 g/mol. The Bertz CT molecular complexity index is 1190. The van der Waals surface area contributed by atoms with Crippen molar-refractivity contribution in [2.24, 2.45) is 0 Å². The number of carbonyl (C=O) groups is 1. The second kappa shape index (κ2) is 12.0. The molecular formula is C34H41N3O. The highest BCUT2D eigenvalue weighted by Gasteiger charge is 2.42. The van der Waals surface area contributed by atoms with Gasteiger partial charge in [-0.25, -0.2) is 0 Å². The Kier molecular flexibility index (Phi) is 8.29. The number of carbonyl (C=O) groups excluding carboxylic acids is 1. The predicted molar refractivity (Wildman–Crippen MR) is 158 cm³/mol. The third-order valence-corrected chi connectivity index (χ3v) is 8.28. The summed E-state index contributed by atoms with van der Waals surface area (Å²) >= 11 is 0. The summed E-state index contributed by atoms with van der Waals surface area (Å²) in [6, 6.07) is 31.6. The first kappa shape index (κ1) is 26.2. The van der Waals surface area contributed by atoms with E-state index in [1.807, 2.05) is 30.9 Å². The summed E-state index contributed by atoms with van der Waals surface area (Å²) in [6.07, 6.45) is 6.05. The Morgan fingerprint density at radius 2 is 1.45 bits per heavy atom. The molecule has 198 valence electrons. The topological polar surface area (TPSA) is 26.8 Å². The molecule has 2 fully saturated rings. The summed E-state index contributed by atoms with van der Waals surface area (Å²) in [5, 5.41) is 0. The van der Waals surface area contributed by atoms with Crippen LogP contribution in [-0.4, -0.2) is 53.5 Å². The summed E-state index contributed by atoms with van der Waals surface area (Å²) < 4.78 is 0. The van der Waals surface area contributed by atoms with E-state index in [2.05, 4.69) is 89.2 Å². The van der Waals surface area contributed by atoms with Gasteiger partial charge in [-0.15, -0.1) is 0 Å².